The van der Waals surface area contributed by atoms with Gasteiger partial charge in [0.1, 0.15) is 3.92 Å². The van der Waals surface area contributed by atoms with Gasteiger partial charge in [0.2, 0.25) is 0 Å². The van der Waals surface area contributed by atoms with Gasteiger partial charge in [0, 0.05) is 19.0 Å². The lowest BCUT2D eigenvalue weighted by atomic mass is 10.2. The number of alkyl halides is 1. The molecule has 7 heteroatoms. The van der Waals surface area contributed by atoms with E-state index in [0.717, 1.165) is 10.9 Å². The summed E-state index contributed by atoms with van der Waals surface area (Å²) in [6.45, 7) is 0.205. The normalized spacial score (nSPS) is 12.2. The van der Waals surface area contributed by atoms with Crippen molar-refractivity contribution < 1.29 is 14.3 Å². The number of hydrogen-bond acceptors (Lipinski definition) is 4. The smallest absolute Gasteiger partial charge is 0.320 e. The summed E-state index contributed by atoms with van der Waals surface area (Å²) in [5.74, 6) is -0.663. The molecule has 106 valence electrons. The number of fused-ring (bicyclic) bond motifs is 1. The first-order chi connectivity index (χ1) is 9.54. The van der Waals surface area contributed by atoms with Gasteiger partial charge in [0.15, 0.2) is 5.69 Å². The first-order valence-electron chi connectivity index (χ1n) is 5.96. The van der Waals surface area contributed by atoms with Gasteiger partial charge in [-0.1, -0.05) is 40.8 Å². The Balaban J connectivity index is 2.14. The number of para-hydroxylation sites is 1. The molecule has 1 amide bonds. The van der Waals surface area contributed by atoms with Gasteiger partial charge in [0.05, 0.1) is 12.6 Å². The lowest BCUT2D eigenvalue weighted by molar-refractivity contribution is -0.139. The third-order valence-corrected chi connectivity index (χ3v) is 3.82. The number of hydrogen-bond donors (Lipinski definition) is 1. The van der Waals surface area contributed by atoms with Crippen molar-refractivity contribution in [3.8, 4) is 0 Å². The maximum Gasteiger partial charge on any atom is 0.320 e. The number of methoxy groups -OCH3 is 1. The zero-order chi connectivity index (χ0) is 14.7. The van der Waals surface area contributed by atoms with Crippen molar-refractivity contribution in [3.05, 3.63) is 30.0 Å². The summed E-state index contributed by atoms with van der Waals surface area (Å²) in [5, 5.41) is 7.70. The zero-order valence-corrected chi connectivity index (χ0v) is 13.2. The first-order valence-corrected chi connectivity index (χ1v) is 7.21. The van der Waals surface area contributed by atoms with E-state index < -0.39 is 3.92 Å². The number of aromatic nitrogens is 2. The fourth-order valence-corrected chi connectivity index (χ4v) is 2.33. The third-order valence-electron chi connectivity index (χ3n) is 2.87. The van der Waals surface area contributed by atoms with Crippen molar-refractivity contribution in [2.24, 2.45) is 7.05 Å². The minimum atomic E-state index is -0.420. The van der Waals surface area contributed by atoms with Gasteiger partial charge in [-0.05, 0) is 6.07 Å². The summed E-state index contributed by atoms with van der Waals surface area (Å²) in [7, 11) is 3.11. The number of nitrogens with zero attached hydrogens (tertiary/aromatic N) is 2. The summed E-state index contributed by atoms with van der Waals surface area (Å²) in [6, 6.07) is 7.49. The highest BCUT2D eigenvalue weighted by atomic mass is 127. The molecule has 20 heavy (non-hydrogen) atoms. The van der Waals surface area contributed by atoms with Crippen LogP contribution in [-0.2, 0) is 16.6 Å². The van der Waals surface area contributed by atoms with Crippen LogP contribution in [0.3, 0.4) is 0 Å². The van der Waals surface area contributed by atoms with Gasteiger partial charge in [-0.2, -0.15) is 5.10 Å². The predicted molar refractivity (Wildman–Crippen MR) is 82.9 cm³/mol. The van der Waals surface area contributed by atoms with Crippen LogP contribution in [0.4, 0.5) is 0 Å². The summed E-state index contributed by atoms with van der Waals surface area (Å²) in [5.41, 5.74) is 1.24. The van der Waals surface area contributed by atoms with Gasteiger partial charge < -0.3 is 10.1 Å². The van der Waals surface area contributed by atoms with E-state index >= 15 is 0 Å². The Labute approximate surface area is 129 Å². The molecule has 0 aliphatic carbocycles. The number of carbonyl (C=O) groups is 2. The number of halogens is 1. The largest absolute Gasteiger partial charge is 0.468 e. The molecule has 1 aromatic carbocycles. The molecule has 0 aliphatic heterocycles. The number of nitrogens with one attached hydrogen (secondary N) is 1. The maximum absolute atomic E-state index is 12.1. The Kier molecular flexibility index (Phi) is 4.58. The number of amides is 1. The molecule has 0 saturated carbocycles. The van der Waals surface area contributed by atoms with Gasteiger partial charge >= 0.3 is 5.97 Å². The molecule has 6 nitrogen and oxygen atoms in total. The Morgan fingerprint density at radius 1 is 1.45 bits per heavy atom. The molecule has 1 N–H and O–H groups in total. The minimum absolute atomic E-state index is 0.205. The van der Waals surface area contributed by atoms with Gasteiger partial charge in [0.25, 0.3) is 5.91 Å². The lowest BCUT2D eigenvalue weighted by Crippen LogP contribution is -2.34. The molecular weight excluding hydrogens is 373 g/mol. The van der Waals surface area contributed by atoms with Crippen LogP contribution < -0.4 is 5.32 Å². The SMILES string of the molecule is COC(=O)C(I)CNC(=O)c1nn(C)c2ccccc12. The molecule has 1 heterocycles. The van der Waals surface area contributed by atoms with Crippen LogP contribution in [-0.4, -0.2) is 39.2 Å². The van der Waals surface area contributed by atoms with Crippen molar-refractivity contribution in [2.75, 3.05) is 13.7 Å². The number of carbonyl (C=O) groups excluding carboxylic acids is 2. The van der Waals surface area contributed by atoms with Gasteiger partial charge in [-0.3, -0.25) is 14.3 Å². The quantitative estimate of drug-likeness (QED) is 0.488. The van der Waals surface area contributed by atoms with E-state index in [2.05, 4.69) is 15.2 Å². The van der Waals surface area contributed by atoms with E-state index in [0.29, 0.717) is 5.69 Å². The van der Waals surface area contributed by atoms with E-state index in [9.17, 15) is 9.59 Å². The van der Waals surface area contributed by atoms with Crippen molar-refractivity contribution in [1.82, 2.24) is 15.1 Å². The molecule has 0 saturated heterocycles. The van der Waals surface area contributed by atoms with Crippen LogP contribution in [0.1, 0.15) is 10.5 Å². The molecule has 0 spiro atoms. The summed E-state index contributed by atoms with van der Waals surface area (Å²) in [4.78, 5) is 23.4. The van der Waals surface area contributed by atoms with Crippen molar-refractivity contribution in [2.45, 2.75) is 3.92 Å². The fourth-order valence-electron chi connectivity index (χ4n) is 1.86. The van der Waals surface area contributed by atoms with E-state index in [-0.39, 0.29) is 18.4 Å². The number of aryl methyl sites for hydroxylation is 1. The highest BCUT2D eigenvalue weighted by molar-refractivity contribution is 14.1. The first kappa shape index (κ1) is 14.8. The molecule has 0 bridgehead atoms. The van der Waals surface area contributed by atoms with Crippen molar-refractivity contribution in [3.63, 3.8) is 0 Å². The molecule has 0 aliphatic rings. The van der Waals surface area contributed by atoms with Crippen molar-refractivity contribution in [1.29, 1.82) is 0 Å². The standard InChI is InChI=1S/C13H14IN3O3/c1-17-10-6-4-3-5-8(10)11(16-17)12(18)15-7-9(14)13(19)20-2/h3-6,9H,7H2,1-2H3,(H,15,18). The second-order valence-corrected chi connectivity index (χ2v) is 5.69. The lowest BCUT2D eigenvalue weighted by Gasteiger charge is -2.08. The summed E-state index contributed by atoms with van der Waals surface area (Å²) < 4.78 is 5.85. The van der Waals surface area contributed by atoms with Crippen LogP contribution >= 0.6 is 22.6 Å². The van der Waals surface area contributed by atoms with Crippen LogP contribution in [0.15, 0.2) is 24.3 Å². The van der Waals surface area contributed by atoms with Gasteiger partial charge in [-0.25, -0.2) is 0 Å². The van der Waals surface area contributed by atoms with Crippen molar-refractivity contribution >= 4 is 45.4 Å². The maximum atomic E-state index is 12.1. The topological polar surface area (TPSA) is 73.2 Å². The zero-order valence-electron chi connectivity index (χ0n) is 11.1. The van der Waals surface area contributed by atoms with E-state index in [1.54, 1.807) is 11.7 Å². The highest BCUT2D eigenvalue weighted by Gasteiger charge is 2.19. The van der Waals surface area contributed by atoms with E-state index in [4.69, 9.17) is 0 Å². The predicted octanol–water partition coefficient (Wildman–Crippen LogP) is 1.28. The minimum Gasteiger partial charge on any atom is -0.468 e. The third kappa shape index (κ3) is 2.92. The van der Waals surface area contributed by atoms with Crippen LogP contribution in [0.5, 0.6) is 0 Å². The molecule has 2 rings (SSSR count). The number of rotatable bonds is 4. The molecule has 1 unspecified atom stereocenters. The highest BCUT2D eigenvalue weighted by Crippen LogP contribution is 2.17. The molecule has 1 aromatic heterocycles. The second-order valence-electron chi connectivity index (χ2n) is 4.19. The van der Waals surface area contributed by atoms with Crippen LogP contribution in [0.2, 0.25) is 0 Å². The molecular formula is C13H14IN3O3. The number of benzene rings is 1. The van der Waals surface area contributed by atoms with E-state index in [1.807, 2.05) is 46.9 Å². The Morgan fingerprint density at radius 3 is 2.85 bits per heavy atom. The molecule has 2 aromatic rings. The van der Waals surface area contributed by atoms with E-state index in [1.165, 1.54) is 7.11 Å². The molecule has 1 atom stereocenters. The Bertz CT molecular complexity index is 653. The Morgan fingerprint density at radius 2 is 2.15 bits per heavy atom. The summed E-state index contributed by atoms with van der Waals surface area (Å²) in [6.07, 6.45) is 0. The summed E-state index contributed by atoms with van der Waals surface area (Å²) >= 11 is 1.93. The molecule has 0 fully saturated rings. The van der Waals surface area contributed by atoms with Crippen LogP contribution in [0, 0.1) is 0 Å². The average Bonchev–Trinajstić information content (AvgIpc) is 2.81. The Hall–Kier alpha value is -1.64. The number of esters is 1. The average molecular weight is 387 g/mol. The second kappa shape index (κ2) is 6.21. The fraction of sp³-hybridized carbons (Fsp3) is 0.308. The van der Waals surface area contributed by atoms with Gasteiger partial charge in [-0.15, -0.1) is 0 Å². The molecule has 0 radical (unpaired) electrons. The number of ether oxygens (including phenoxy) is 1. The van der Waals surface area contributed by atoms with Crippen LogP contribution in [0.25, 0.3) is 10.9 Å². The monoisotopic (exact) mass is 387 g/mol.